The van der Waals surface area contributed by atoms with Gasteiger partial charge < -0.3 is 0 Å². The van der Waals surface area contributed by atoms with Gasteiger partial charge in [-0.25, -0.2) is 0 Å². The van der Waals surface area contributed by atoms with Crippen molar-refractivity contribution < 1.29 is 0 Å². The van der Waals surface area contributed by atoms with E-state index in [2.05, 4.69) is 182 Å². The first kappa shape index (κ1) is 26.4. The average molecular weight is 583 g/mol. The minimum absolute atomic E-state index is 1.23. The van der Waals surface area contributed by atoms with Crippen LogP contribution in [0.1, 0.15) is 0 Å². The molecule has 46 heavy (non-hydrogen) atoms. The van der Waals surface area contributed by atoms with E-state index in [1.54, 1.807) is 0 Å². The highest BCUT2D eigenvalue weighted by Crippen LogP contribution is 2.37. The van der Waals surface area contributed by atoms with Gasteiger partial charge in [-0.05, 0) is 124 Å². The Morgan fingerprint density at radius 1 is 0.196 bits per heavy atom. The second-order valence-electron chi connectivity index (χ2n) is 12.2. The highest BCUT2D eigenvalue weighted by Gasteiger charge is 2.10. The van der Waals surface area contributed by atoms with Crippen LogP contribution in [0.25, 0.3) is 87.6 Å². The van der Waals surface area contributed by atoms with E-state index in [4.69, 9.17) is 0 Å². The standard InChI is InChI=1S/C46H30/c1-2-9-31(10-3-1)32-12-8-13-33(25-32)34-17-18-36-27-37(20-19-35(36)26-34)38-21-22-40-29-42(24-23-39(40)28-38)46-30-41-11-4-5-14-43(41)44-15-6-7-16-45(44)46/h1-30H. The average Bonchev–Trinajstić information content (AvgIpc) is 3.14. The van der Waals surface area contributed by atoms with Gasteiger partial charge in [0.15, 0.2) is 0 Å². The summed E-state index contributed by atoms with van der Waals surface area (Å²) in [5.74, 6) is 0. The van der Waals surface area contributed by atoms with Crippen molar-refractivity contribution in [3.05, 3.63) is 182 Å². The lowest BCUT2D eigenvalue weighted by Crippen LogP contribution is -1.86. The molecule has 0 heteroatoms. The van der Waals surface area contributed by atoms with Crippen LogP contribution in [-0.4, -0.2) is 0 Å². The molecular formula is C46H30. The molecule has 0 heterocycles. The van der Waals surface area contributed by atoms with Gasteiger partial charge in [0.1, 0.15) is 0 Å². The fourth-order valence-corrected chi connectivity index (χ4v) is 7.00. The lowest BCUT2D eigenvalue weighted by atomic mass is 9.91. The van der Waals surface area contributed by atoms with Crippen molar-refractivity contribution in [2.45, 2.75) is 0 Å². The molecule has 0 aliphatic carbocycles. The predicted octanol–water partition coefficient (Wildman–Crippen LogP) is 13.0. The fraction of sp³-hybridized carbons (Fsp3) is 0. The molecule has 214 valence electrons. The van der Waals surface area contributed by atoms with Gasteiger partial charge in [-0.3, -0.25) is 0 Å². The van der Waals surface area contributed by atoms with Crippen molar-refractivity contribution in [2.75, 3.05) is 0 Å². The molecule has 9 aromatic rings. The summed E-state index contributed by atoms with van der Waals surface area (Å²) in [6.45, 7) is 0. The Labute approximate surface area is 268 Å². The molecule has 9 rings (SSSR count). The summed E-state index contributed by atoms with van der Waals surface area (Å²) in [5, 5.41) is 10.2. The van der Waals surface area contributed by atoms with Crippen molar-refractivity contribution in [1.82, 2.24) is 0 Å². The minimum Gasteiger partial charge on any atom is -0.0622 e. The van der Waals surface area contributed by atoms with E-state index in [1.807, 2.05) is 0 Å². The van der Waals surface area contributed by atoms with Crippen LogP contribution in [0, 0.1) is 0 Å². The summed E-state index contributed by atoms with van der Waals surface area (Å²) < 4.78 is 0. The molecule has 0 saturated heterocycles. The monoisotopic (exact) mass is 582 g/mol. The largest absolute Gasteiger partial charge is 0.0622 e. The summed E-state index contributed by atoms with van der Waals surface area (Å²) in [6, 6.07) is 66.6. The molecule has 0 saturated carbocycles. The summed E-state index contributed by atoms with van der Waals surface area (Å²) in [7, 11) is 0. The van der Waals surface area contributed by atoms with Crippen molar-refractivity contribution >= 4 is 43.1 Å². The molecule has 9 aromatic carbocycles. The number of hydrogen-bond donors (Lipinski definition) is 0. The Morgan fingerprint density at radius 3 is 1.26 bits per heavy atom. The number of benzene rings is 9. The van der Waals surface area contributed by atoms with Crippen molar-refractivity contribution in [2.24, 2.45) is 0 Å². The number of fused-ring (bicyclic) bond motifs is 5. The highest BCUT2D eigenvalue weighted by molar-refractivity contribution is 6.14. The zero-order valence-corrected chi connectivity index (χ0v) is 25.3. The first-order valence-electron chi connectivity index (χ1n) is 15.9. The van der Waals surface area contributed by atoms with Gasteiger partial charge in [0, 0.05) is 0 Å². The molecule has 0 unspecified atom stereocenters. The van der Waals surface area contributed by atoms with E-state index < -0.39 is 0 Å². The zero-order valence-electron chi connectivity index (χ0n) is 25.3. The summed E-state index contributed by atoms with van der Waals surface area (Å²) in [5.41, 5.74) is 9.94. The summed E-state index contributed by atoms with van der Waals surface area (Å²) >= 11 is 0. The maximum atomic E-state index is 2.34. The van der Waals surface area contributed by atoms with E-state index in [9.17, 15) is 0 Å². The van der Waals surface area contributed by atoms with Crippen molar-refractivity contribution in [3.63, 3.8) is 0 Å². The molecule has 0 radical (unpaired) electrons. The Bertz CT molecular complexity index is 2570. The van der Waals surface area contributed by atoms with E-state index in [0.29, 0.717) is 0 Å². The maximum absolute atomic E-state index is 2.34. The van der Waals surface area contributed by atoms with Gasteiger partial charge in [0.2, 0.25) is 0 Å². The summed E-state index contributed by atoms with van der Waals surface area (Å²) in [4.78, 5) is 0. The van der Waals surface area contributed by atoms with Crippen molar-refractivity contribution in [1.29, 1.82) is 0 Å². The van der Waals surface area contributed by atoms with Crippen LogP contribution in [-0.2, 0) is 0 Å². The van der Waals surface area contributed by atoms with Gasteiger partial charge in [-0.15, -0.1) is 0 Å². The van der Waals surface area contributed by atoms with Crippen LogP contribution in [0.15, 0.2) is 182 Å². The Balaban J connectivity index is 1.05. The van der Waals surface area contributed by atoms with Crippen LogP contribution < -0.4 is 0 Å². The molecule has 0 atom stereocenters. The topological polar surface area (TPSA) is 0 Å². The predicted molar refractivity (Wildman–Crippen MR) is 198 cm³/mol. The molecule has 0 N–H and O–H groups in total. The lowest BCUT2D eigenvalue weighted by molar-refractivity contribution is 1.60. The van der Waals surface area contributed by atoms with Crippen LogP contribution in [0.3, 0.4) is 0 Å². The van der Waals surface area contributed by atoms with Gasteiger partial charge in [-0.2, -0.15) is 0 Å². The Hall–Kier alpha value is -5.98. The summed E-state index contributed by atoms with van der Waals surface area (Å²) in [6.07, 6.45) is 0. The molecule has 0 amide bonds. The van der Waals surface area contributed by atoms with Crippen LogP contribution >= 0.6 is 0 Å². The van der Waals surface area contributed by atoms with Crippen molar-refractivity contribution in [3.8, 4) is 44.5 Å². The quantitative estimate of drug-likeness (QED) is 0.181. The molecule has 0 aliphatic heterocycles. The van der Waals surface area contributed by atoms with E-state index in [0.717, 1.165) is 0 Å². The molecule has 0 fully saturated rings. The van der Waals surface area contributed by atoms with Gasteiger partial charge in [0.05, 0.1) is 0 Å². The lowest BCUT2D eigenvalue weighted by Gasteiger charge is -2.12. The second kappa shape index (κ2) is 10.9. The van der Waals surface area contributed by atoms with Gasteiger partial charge in [-0.1, -0.05) is 146 Å². The third kappa shape index (κ3) is 4.64. The van der Waals surface area contributed by atoms with Crippen LogP contribution in [0.5, 0.6) is 0 Å². The zero-order chi connectivity index (χ0) is 30.5. The molecule has 0 nitrogen and oxygen atoms in total. The molecule has 0 aromatic heterocycles. The first-order chi connectivity index (χ1) is 22.8. The van der Waals surface area contributed by atoms with E-state index in [-0.39, 0.29) is 0 Å². The Kier molecular flexibility index (Phi) is 6.25. The SMILES string of the molecule is c1ccc(-c2cccc(-c3ccc4cc(-c5ccc6cc(-c7cc8ccccc8c8ccccc78)ccc6c5)ccc4c3)c2)cc1. The molecule has 0 spiro atoms. The maximum Gasteiger partial charge on any atom is -0.00988 e. The van der Waals surface area contributed by atoms with E-state index in [1.165, 1.54) is 87.6 Å². The van der Waals surface area contributed by atoms with Gasteiger partial charge in [0.25, 0.3) is 0 Å². The van der Waals surface area contributed by atoms with Crippen LogP contribution in [0.4, 0.5) is 0 Å². The van der Waals surface area contributed by atoms with Crippen LogP contribution in [0.2, 0.25) is 0 Å². The molecule has 0 bridgehead atoms. The molecule has 0 aliphatic rings. The molecular weight excluding hydrogens is 553 g/mol. The third-order valence-electron chi connectivity index (χ3n) is 9.40. The minimum atomic E-state index is 1.23. The van der Waals surface area contributed by atoms with E-state index >= 15 is 0 Å². The first-order valence-corrected chi connectivity index (χ1v) is 15.9. The second-order valence-corrected chi connectivity index (χ2v) is 12.2. The smallest absolute Gasteiger partial charge is 0.00988 e. The Morgan fingerprint density at radius 2 is 0.630 bits per heavy atom. The third-order valence-corrected chi connectivity index (χ3v) is 9.40. The normalized spacial score (nSPS) is 11.5. The number of rotatable bonds is 4. The van der Waals surface area contributed by atoms with Gasteiger partial charge >= 0.3 is 0 Å². The highest BCUT2D eigenvalue weighted by atomic mass is 14.1. The fourth-order valence-electron chi connectivity index (χ4n) is 7.00. The number of hydrogen-bond acceptors (Lipinski definition) is 0.